The average Bonchev–Trinajstić information content (AvgIpc) is 3.35. The van der Waals surface area contributed by atoms with Gasteiger partial charge < -0.3 is 9.73 Å². The third-order valence-corrected chi connectivity index (χ3v) is 8.02. The van der Waals surface area contributed by atoms with E-state index in [9.17, 15) is 13.2 Å². The third kappa shape index (κ3) is 4.57. The second-order valence-electron chi connectivity index (χ2n) is 7.52. The van der Waals surface area contributed by atoms with Gasteiger partial charge in [-0.1, -0.05) is 17.8 Å². The van der Waals surface area contributed by atoms with Crippen LogP contribution in [-0.2, 0) is 33.9 Å². The fourth-order valence-electron chi connectivity index (χ4n) is 3.75. The van der Waals surface area contributed by atoms with E-state index in [1.807, 2.05) is 6.07 Å². The van der Waals surface area contributed by atoms with Crippen molar-refractivity contribution in [3.8, 4) is 0 Å². The normalized spacial score (nSPS) is 21.4. The highest BCUT2D eigenvalue weighted by molar-refractivity contribution is 8.00. The van der Waals surface area contributed by atoms with Crippen molar-refractivity contribution in [3.63, 3.8) is 0 Å². The van der Waals surface area contributed by atoms with Gasteiger partial charge in [0.2, 0.25) is 11.8 Å². The van der Waals surface area contributed by atoms with E-state index in [1.165, 1.54) is 29.3 Å². The summed E-state index contributed by atoms with van der Waals surface area (Å²) in [5.41, 5.74) is 3.49. The molecule has 0 radical (unpaired) electrons. The van der Waals surface area contributed by atoms with E-state index in [-0.39, 0.29) is 23.3 Å². The molecule has 1 aliphatic carbocycles. The Morgan fingerprint density at radius 2 is 2.14 bits per heavy atom. The van der Waals surface area contributed by atoms with E-state index in [0.717, 1.165) is 18.5 Å². The monoisotopic (exact) mass is 421 g/mol. The van der Waals surface area contributed by atoms with Gasteiger partial charge in [0.1, 0.15) is 0 Å². The minimum atomic E-state index is -2.92. The highest BCUT2D eigenvalue weighted by Gasteiger charge is 2.29. The number of rotatable bonds is 6. The maximum absolute atomic E-state index is 12.5. The second-order valence-corrected chi connectivity index (χ2v) is 11.0. The van der Waals surface area contributed by atoms with E-state index < -0.39 is 15.1 Å². The molecule has 9 heteroatoms. The summed E-state index contributed by atoms with van der Waals surface area (Å²) in [4.78, 5) is 12.5. The van der Waals surface area contributed by atoms with Gasteiger partial charge in [-0.05, 0) is 61.8 Å². The predicted octanol–water partition coefficient (Wildman–Crippen LogP) is 2.65. The van der Waals surface area contributed by atoms with E-state index in [0.29, 0.717) is 24.0 Å². The molecule has 1 amide bonds. The molecule has 7 nitrogen and oxygen atoms in total. The van der Waals surface area contributed by atoms with Gasteiger partial charge >= 0.3 is 0 Å². The minimum absolute atomic E-state index is 0.0313. The van der Waals surface area contributed by atoms with Crippen molar-refractivity contribution in [2.75, 3.05) is 16.8 Å². The third-order valence-electron chi connectivity index (χ3n) is 5.25. The lowest BCUT2D eigenvalue weighted by Gasteiger charge is -2.11. The fraction of sp³-hybridized carbons (Fsp3) is 0.526. The number of carbonyl (C=O) groups is 1. The Labute approximate surface area is 168 Å². The van der Waals surface area contributed by atoms with Crippen molar-refractivity contribution in [1.29, 1.82) is 0 Å². The van der Waals surface area contributed by atoms with Crippen LogP contribution in [0.15, 0.2) is 27.8 Å². The first-order chi connectivity index (χ1) is 13.4. The number of sulfone groups is 1. The van der Waals surface area contributed by atoms with Crippen LogP contribution in [-0.4, -0.2) is 41.3 Å². The number of aromatic nitrogens is 2. The molecule has 150 valence electrons. The topological polar surface area (TPSA) is 102 Å². The molecule has 1 saturated heterocycles. The van der Waals surface area contributed by atoms with Crippen LogP contribution in [0.4, 0.5) is 5.69 Å². The highest BCUT2D eigenvalue weighted by atomic mass is 32.2. The molecule has 1 aromatic heterocycles. The number of anilines is 1. The molecule has 2 atom stereocenters. The van der Waals surface area contributed by atoms with Crippen LogP contribution in [0.5, 0.6) is 0 Å². The zero-order chi connectivity index (χ0) is 19.7. The Balaban J connectivity index is 1.31. The van der Waals surface area contributed by atoms with Gasteiger partial charge in [0, 0.05) is 12.1 Å². The molecular formula is C19H23N3O4S2. The summed E-state index contributed by atoms with van der Waals surface area (Å²) in [5.74, 6) is 0.745. The number of nitrogens with one attached hydrogen (secondary N) is 1. The number of thioether (sulfide) groups is 1. The van der Waals surface area contributed by atoms with E-state index in [4.69, 9.17) is 4.42 Å². The summed E-state index contributed by atoms with van der Waals surface area (Å²) in [7, 11) is -2.92. The Bertz CT molecular complexity index is 987. The fourth-order valence-corrected chi connectivity index (χ4v) is 6.31. The molecule has 1 N–H and O–H groups in total. The van der Waals surface area contributed by atoms with Crippen LogP contribution in [0.3, 0.4) is 0 Å². The molecule has 28 heavy (non-hydrogen) atoms. The van der Waals surface area contributed by atoms with Crippen LogP contribution in [0.1, 0.15) is 36.8 Å². The molecular weight excluding hydrogens is 398 g/mol. The van der Waals surface area contributed by atoms with Crippen LogP contribution in [0.25, 0.3) is 0 Å². The molecule has 1 aromatic carbocycles. The predicted molar refractivity (Wildman–Crippen MR) is 107 cm³/mol. The number of hydrogen-bond donors (Lipinski definition) is 1. The SMILES string of the molecule is C[C@@H](Sc1nnc(C[C@H]2CCS(=O)(=O)C2)o1)C(=O)Nc1ccc2c(c1)CCC2. The zero-order valence-electron chi connectivity index (χ0n) is 15.7. The molecule has 0 unspecified atom stereocenters. The molecule has 0 bridgehead atoms. The second kappa shape index (κ2) is 7.87. The molecule has 4 rings (SSSR count). The number of hydrogen-bond acceptors (Lipinski definition) is 7. The van der Waals surface area contributed by atoms with Crippen LogP contribution >= 0.6 is 11.8 Å². The Morgan fingerprint density at radius 3 is 2.93 bits per heavy atom. The first-order valence-electron chi connectivity index (χ1n) is 9.50. The molecule has 2 aliphatic rings. The largest absolute Gasteiger partial charge is 0.416 e. The van der Waals surface area contributed by atoms with Crippen molar-refractivity contribution in [3.05, 3.63) is 35.2 Å². The van der Waals surface area contributed by atoms with Crippen molar-refractivity contribution < 1.29 is 17.6 Å². The summed E-state index contributed by atoms with van der Waals surface area (Å²) in [5, 5.41) is 10.9. The number of aryl methyl sites for hydroxylation is 2. The van der Waals surface area contributed by atoms with Gasteiger partial charge in [-0.3, -0.25) is 4.79 Å². The van der Waals surface area contributed by atoms with Gasteiger partial charge in [0.15, 0.2) is 9.84 Å². The number of benzene rings is 1. The molecule has 1 aliphatic heterocycles. The van der Waals surface area contributed by atoms with Crippen LogP contribution in [0, 0.1) is 5.92 Å². The number of nitrogens with zero attached hydrogens (tertiary/aromatic N) is 2. The summed E-state index contributed by atoms with van der Waals surface area (Å²) in [6.07, 6.45) is 4.44. The van der Waals surface area contributed by atoms with Gasteiger partial charge in [-0.15, -0.1) is 10.2 Å². The summed E-state index contributed by atoms with van der Waals surface area (Å²) in [6, 6.07) is 6.08. The summed E-state index contributed by atoms with van der Waals surface area (Å²) >= 11 is 1.20. The number of carbonyl (C=O) groups excluding carboxylic acids is 1. The van der Waals surface area contributed by atoms with Gasteiger partial charge in [-0.2, -0.15) is 0 Å². The van der Waals surface area contributed by atoms with E-state index in [2.05, 4.69) is 27.6 Å². The maximum Gasteiger partial charge on any atom is 0.277 e. The molecule has 2 aromatic rings. The van der Waals surface area contributed by atoms with Gasteiger partial charge in [0.25, 0.3) is 5.22 Å². The molecule has 2 heterocycles. The minimum Gasteiger partial charge on any atom is -0.416 e. The smallest absolute Gasteiger partial charge is 0.277 e. The first-order valence-corrected chi connectivity index (χ1v) is 12.2. The van der Waals surface area contributed by atoms with Crippen LogP contribution in [0.2, 0.25) is 0 Å². The van der Waals surface area contributed by atoms with E-state index in [1.54, 1.807) is 6.92 Å². The lowest BCUT2D eigenvalue weighted by Crippen LogP contribution is -2.22. The Kier molecular flexibility index (Phi) is 5.46. The lowest BCUT2D eigenvalue weighted by molar-refractivity contribution is -0.115. The van der Waals surface area contributed by atoms with Crippen molar-refractivity contribution in [2.45, 2.75) is 49.5 Å². The summed E-state index contributed by atoms with van der Waals surface area (Å²) in [6.45, 7) is 1.79. The zero-order valence-corrected chi connectivity index (χ0v) is 17.3. The average molecular weight is 422 g/mol. The van der Waals surface area contributed by atoms with E-state index >= 15 is 0 Å². The Morgan fingerprint density at radius 1 is 1.32 bits per heavy atom. The van der Waals surface area contributed by atoms with Gasteiger partial charge in [0.05, 0.1) is 16.8 Å². The maximum atomic E-state index is 12.5. The number of fused-ring (bicyclic) bond motifs is 1. The van der Waals surface area contributed by atoms with Crippen LogP contribution < -0.4 is 5.32 Å². The van der Waals surface area contributed by atoms with Crippen molar-refractivity contribution in [2.24, 2.45) is 5.92 Å². The number of amides is 1. The molecule has 0 spiro atoms. The highest BCUT2D eigenvalue weighted by Crippen LogP contribution is 2.28. The first kappa shape index (κ1) is 19.4. The summed E-state index contributed by atoms with van der Waals surface area (Å²) < 4.78 is 28.7. The van der Waals surface area contributed by atoms with Crippen molar-refractivity contribution in [1.82, 2.24) is 10.2 Å². The quantitative estimate of drug-likeness (QED) is 0.715. The van der Waals surface area contributed by atoms with Crippen molar-refractivity contribution >= 4 is 33.2 Å². The Hall–Kier alpha value is -1.87. The lowest BCUT2D eigenvalue weighted by atomic mass is 10.1. The van der Waals surface area contributed by atoms with Gasteiger partial charge in [-0.25, -0.2) is 8.42 Å². The molecule has 0 saturated carbocycles. The molecule has 1 fully saturated rings. The standard InChI is InChI=1S/C19H23N3O4S2/c1-12(18(23)20-16-6-5-14-3-2-4-15(14)10-16)27-19-22-21-17(26-19)9-13-7-8-28(24,25)11-13/h5-6,10,12-13H,2-4,7-9,11H2,1H3,(H,20,23)/t12-,13-/m1/s1.